The zero-order valence-electron chi connectivity index (χ0n) is 15.8. The van der Waals surface area contributed by atoms with Crippen LogP contribution < -0.4 is 10.6 Å². The van der Waals surface area contributed by atoms with E-state index in [1.807, 2.05) is 54.6 Å². The summed E-state index contributed by atoms with van der Waals surface area (Å²) in [5, 5.41) is 6.36. The number of H-pyrrole nitrogens is 1. The molecule has 2 heterocycles. The Morgan fingerprint density at radius 1 is 1.07 bits per heavy atom. The van der Waals surface area contributed by atoms with Gasteiger partial charge >= 0.3 is 0 Å². The van der Waals surface area contributed by atoms with Gasteiger partial charge in [0.25, 0.3) is 0 Å². The lowest BCUT2D eigenvalue weighted by molar-refractivity contribution is -0.123. The number of benzene rings is 3. The first-order valence-electron chi connectivity index (χ1n) is 9.53. The van der Waals surface area contributed by atoms with Gasteiger partial charge in [0.05, 0.1) is 22.0 Å². The molecule has 1 atom stereocenters. The smallest absolute Gasteiger partial charge is 0.232 e. The Labute approximate surface area is 177 Å². The van der Waals surface area contributed by atoms with Gasteiger partial charge in [0, 0.05) is 23.4 Å². The third-order valence-corrected chi connectivity index (χ3v) is 5.52. The molecule has 2 amide bonds. The second-order valence-electron chi connectivity index (χ2n) is 7.18. The first-order chi connectivity index (χ1) is 14.6. The Hall–Kier alpha value is -3.64. The summed E-state index contributed by atoms with van der Waals surface area (Å²) in [7, 11) is 0. The second kappa shape index (κ2) is 7.31. The Morgan fingerprint density at radius 2 is 1.87 bits per heavy atom. The van der Waals surface area contributed by atoms with Gasteiger partial charge < -0.3 is 15.6 Å². The van der Waals surface area contributed by atoms with Gasteiger partial charge in [-0.3, -0.25) is 9.59 Å². The van der Waals surface area contributed by atoms with Gasteiger partial charge in [0.2, 0.25) is 11.8 Å². The molecule has 1 aliphatic heterocycles. The number of nitrogens with one attached hydrogen (secondary N) is 3. The molecule has 0 radical (unpaired) electrons. The van der Waals surface area contributed by atoms with Crippen LogP contribution in [0, 0.1) is 0 Å². The predicted molar refractivity (Wildman–Crippen MR) is 118 cm³/mol. The number of nitrogens with zero attached hydrogens (tertiary/aromatic N) is 1. The number of imidazole rings is 1. The number of carbonyl (C=O) groups is 2. The largest absolute Gasteiger partial charge is 0.338 e. The standard InChI is InChI=1S/C23H17ClN4O2/c24-17-7-3-1-6-15(17)22-27-19-10-9-13(11-20(19)28-22)25-23(30)16-12-21(29)26-18-8-4-2-5-14(16)18/h1-11,16H,12H2,(H,25,30)(H,26,29)(H,27,28). The van der Waals surface area contributed by atoms with Gasteiger partial charge in [-0.15, -0.1) is 0 Å². The average molecular weight is 417 g/mol. The van der Waals surface area contributed by atoms with Crippen LogP contribution in [-0.4, -0.2) is 21.8 Å². The van der Waals surface area contributed by atoms with E-state index in [0.29, 0.717) is 22.2 Å². The van der Waals surface area contributed by atoms with Crippen LogP contribution >= 0.6 is 11.6 Å². The summed E-state index contributed by atoms with van der Waals surface area (Å²) in [6.45, 7) is 0. The highest BCUT2D eigenvalue weighted by atomic mass is 35.5. The molecule has 0 aliphatic carbocycles. The highest BCUT2D eigenvalue weighted by molar-refractivity contribution is 6.33. The van der Waals surface area contributed by atoms with E-state index in [2.05, 4.69) is 20.6 Å². The normalized spacial score (nSPS) is 15.5. The van der Waals surface area contributed by atoms with Crippen molar-refractivity contribution in [1.82, 2.24) is 9.97 Å². The van der Waals surface area contributed by atoms with Crippen molar-refractivity contribution < 1.29 is 9.59 Å². The van der Waals surface area contributed by atoms with Gasteiger partial charge in [-0.1, -0.05) is 41.9 Å². The summed E-state index contributed by atoms with van der Waals surface area (Å²) < 4.78 is 0. The average Bonchev–Trinajstić information content (AvgIpc) is 3.16. The first-order valence-corrected chi connectivity index (χ1v) is 9.90. The molecule has 6 nitrogen and oxygen atoms in total. The number of halogens is 1. The molecule has 0 saturated heterocycles. The number of hydrogen-bond donors (Lipinski definition) is 3. The number of aromatic amines is 1. The van der Waals surface area contributed by atoms with E-state index in [4.69, 9.17) is 11.6 Å². The molecule has 0 bridgehead atoms. The van der Waals surface area contributed by atoms with Gasteiger partial charge in [0.1, 0.15) is 5.82 Å². The Balaban J connectivity index is 1.43. The molecule has 3 N–H and O–H groups in total. The molecule has 1 unspecified atom stereocenters. The van der Waals surface area contributed by atoms with Crippen LogP contribution in [0.5, 0.6) is 0 Å². The zero-order chi connectivity index (χ0) is 20.7. The van der Waals surface area contributed by atoms with Crippen LogP contribution in [0.1, 0.15) is 17.9 Å². The molecule has 4 aromatic rings. The summed E-state index contributed by atoms with van der Waals surface area (Å²) in [6.07, 6.45) is 0.117. The number of aromatic nitrogens is 2. The zero-order valence-corrected chi connectivity index (χ0v) is 16.5. The minimum atomic E-state index is -0.536. The summed E-state index contributed by atoms with van der Waals surface area (Å²) in [6, 6.07) is 20.3. The molecule has 0 fully saturated rings. The highest BCUT2D eigenvalue weighted by Crippen LogP contribution is 2.33. The highest BCUT2D eigenvalue weighted by Gasteiger charge is 2.30. The monoisotopic (exact) mass is 416 g/mol. The maximum atomic E-state index is 12.9. The molecule has 148 valence electrons. The third-order valence-electron chi connectivity index (χ3n) is 5.19. The van der Waals surface area contributed by atoms with Crippen LogP contribution in [0.3, 0.4) is 0 Å². The van der Waals surface area contributed by atoms with Crippen molar-refractivity contribution in [2.24, 2.45) is 0 Å². The molecule has 0 saturated carbocycles. The van der Waals surface area contributed by atoms with E-state index in [-0.39, 0.29) is 18.2 Å². The number of hydrogen-bond acceptors (Lipinski definition) is 3. The number of para-hydroxylation sites is 1. The molecule has 1 aromatic heterocycles. The molecule has 0 spiro atoms. The lowest BCUT2D eigenvalue weighted by atomic mass is 9.90. The van der Waals surface area contributed by atoms with E-state index in [1.165, 1.54) is 0 Å². The molecule has 3 aromatic carbocycles. The maximum absolute atomic E-state index is 12.9. The maximum Gasteiger partial charge on any atom is 0.232 e. The molecular weight excluding hydrogens is 400 g/mol. The fourth-order valence-electron chi connectivity index (χ4n) is 3.74. The summed E-state index contributed by atoms with van der Waals surface area (Å²) in [5.74, 6) is -0.257. The number of rotatable bonds is 3. The van der Waals surface area contributed by atoms with Crippen molar-refractivity contribution in [1.29, 1.82) is 0 Å². The topological polar surface area (TPSA) is 86.9 Å². The second-order valence-corrected chi connectivity index (χ2v) is 7.59. The van der Waals surface area contributed by atoms with E-state index in [1.54, 1.807) is 12.1 Å². The molecule has 5 rings (SSSR count). The van der Waals surface area contributed by atoms with E-state index in [9.17, 15) is 9.59 Å². The minimum absolute atomic E-state index is 0.117. The first kappa shape index (κ1) is 18.4. The minimum Gasteiger partial charge on any atom is -0.338 e. The van der Waals surface area contributed by atoms with Crippen molar-refractivity contribution in [2.75, 3.05) is 10.6 Å². The van der Waals surface area contributed by atoms with Gasteiger partial charge in [-0.05, 0) is 42.0 Å². The number of carbonyl (C=O) groups excluding carboxylic acids is 2. The Bertz CT molecular complexity index is 1300. The summed E-state index contributed by atoms with van der Waals surface area (Å²) in [5.41, 5.74) is 4.49. The SMILES string of the molecule is O=C1CC(C(=O)Nc2ccc3nc(-c4ccccc4Cl)[nH]c3c2)c2ccccc2N1. The van der Waals surface area contributed by atoms with Gasteiger partial charge in [0.15, 0.2) is 0 Å². The molecule has 1 aliphatic rings. The summed E-state index contributed by atoms with van der Waals surface area (Å²) in [4.78, 5) is 32.8. The lowest BCUT2D eigenvalue weighted by Crippen LogP contribution is -2.30. The van der Waals surface area contributed by atoms with Crippen LogP contribution in [-0.2, 0) is 9.59 Å². The van der Waals surface area contributed by atoms with Crippen molar-refractivity contribution in [3.05, 3.63) is 77.3 Å². The molecular formula is C23H17ClN4O2. The van der Waals surface area contributed by atoms with E-state index >= 15 is 0 Å². The third kappa shape index (κ3) is 3.31. The van der Waals surface area contributed by atoms with Crippen LogP contribution in [0.4, 0.5) is 11.4 Å². The number of amides is 2. The number of fused-ring (bicyclic) bond motifs is 2. The quantitative estimate of drug-likeness (QED) is 0.441. The van der Waals surface area contributed by atoms with Crippen molar-refractivity contribution in [3.63, 3.8) is 0 Å². The molecule has 30 heavy (non-hydrogen) atoms. The van der Waals surface area contributed by atoms with Crippen LogP contribution in [0.25, 0.3) is 22.4 Å². The van der Waals surface area contributed by atoms with E-state index < -0.39 is 5.92 Å². The van der Waals surface area contributed by atoms with Gasteiger partial charge in [-0.25, -0.2) is 4.98 Å². The lowest BCUT2D eigenvalue weighted by Gasteiger charge is -2.24. The fourth-order valence-corrected chi connectivity index (χ4v) is 3.97. The van der Waals surface area contributed by atoms with Crippen molar-refractivity contribution in [2.45, 2.75) is 12.3 Å². The Kier molecular flexibility index (Phi) is 4.48. The molecule has 7 heteroatoms. The van der Waals surface area contributed by atoms with Gasteiger partial charge in [-0.2, -0.15) is 0 Å². The van der Waals surface area contributed by atoms with Crippen molar-refractivity contribution in [3.8, 4) is 11.4 Å². The summed E-state index contributed by atoms with van der Waals surface area (Å²) >= 11 is 6.28. The number of anilines is 2. The van der Waals surface area contributed by atoms with Crippen LogP contribution in [0.15, 0.2) is 66.7 Å². The van der Waals surface area contributed by atoms with E-state index in [0.717, 1.165) is 22.2 Å². The fraction of sp³-hybridized carbons (Fsp3) is 0.0870. The Morgan fingerprint density at radius 3 is 2.73 bits per heavy atom. The predicted octanol–water partition coefficient (Wildman–Crippen LogP) is 4.95. The van der Waals surface area contributed by atoms with Crippen molar-refractivity contribution >= 4 is 45.8 Å². The van der Waals surface area contributed by atoms with Crippen LogP contribution in [0.2, 0.25) is 5.02 Å².